The summed E-state index contributed by atoms with van der Waals surface area (Å²) in [6.07, 6.45) is -0.885. The number of nitrogens with one attached hydrogen (secondary N) is 1. The molecule has 1 amide bonds. The van der Waals surface area contributed by atoms with Gasteiger partial charge in [0.1, 0.15) is 0 Å². The van der Waals surface area contributed by atoms with Gasteiger partial charge in [-0.1, -0.05) is 32.9 Å². The Morgan fingerprint density at radius 1 is 1.46 bits per heavy atom. The van der Waals surface area contributed by atoms with Crippen molar-refractivity contribution in [2.75, 3.05) is 12.4 Å². The van der Waals surface area contributed by atoms with Crippen molar-refractivity contribution in [1.82, 2.24) is 0 Å². The van der Waals surface area contributed by atoms with Crippen molar-refractivity contribution in [3.05, 3.63) is 40.6 Å². The van der Waals surface area contributed by atoms with E-state index in [0.29, 0.717) is 5.69 Å². The quantitative estimate of drug-likeness (QED) is 0.652. The third kappa shape index (κ3) is 3.32. The SMILES string of the molecule is CN=CC(C(=O)Nc1cccc2c1[C@H](C)CC2(C)C)=C(N)C(F)F. The van der Waals surface area contributed by atoms with E-state index in [9.17, 15) is 13.6 Å². The number of nitrogens with zero attached hydrogens (tertiary/aromatic N) is 1. The third-order valence-electron chi connectivity index (χ3n) is 4.44. The number of alkyl halides is 2. The van der Waals surface area contributed by atoms with Gasteiger partial charge in [-0.05, 0) is 34.9 Å². The highest BCUT2D eigenvalue weighted by Crippen LogP contribution is 2.48. The predicted octanol–water partition coefficient (Wildman–Crippen LogP) is 3.59. The zero-order chi connectivity index (χ0) is 18.1. The summed E-state index contributed by atoms with van der Waals surface area (Å²) < 4.78 is 25.7. The van der Waals surface area contributed by atoms with Gasteiger partial charge in [0.2, 0.25) is 0 Å². The molecule has 1 aromatic carbocycles. The Morgan fingerprint density at radius 2 is 2.12 bits per heavy atom. The number of fused-ring (bicyclic) bond motifs is 1. The Morgan fingerprint density at radius 3 is 2.71 bits per heavy atom. The van der Waals surface area contributed by atoms with Gasteiger partial charge in [0.25, 0.3) is 12.3 Å². The molecule has 1 aliphatic carbocycles. The Hall–Kier alpha value is -2.24. The average Bonchev–Trinajstić information content (AvgIpc) is 2.74. The number of benzene rings is 1. The second kappa shape index (κ2) is 6.71. The van der Waals surface area contributed by atoms with Gasteiger partial charge in [-0.15, -0.1) is 0 Å². The van der Waals surface area contributed by atoms with Gasteiger partial charge in [-0.25, -0.2) is 8.78 Å². The van der Waals surface area contributed by atoms with E-state index in [1.807, 2.05) is 12.1 Å². The zero-order valence-electron chi connectivity index (χ0n) is 14.4. The van der Waals surface area contributed by atoms with Crippen LogP contribution in [0.15, 0.2) is 34.5 Å². The van der Waals surface area contributed by atoms with Gasteiger partial charge in [0.05, 0.1) is 11.3 Å². The number of allylic oxidation sites excluding steroid dienone is 1. The summed E-state index contributed by atoms with van der Waals surface area (Å²) in [5, 5.41) is 2.73. The number of hydrogen-bond acceptors (Lipinski definition) is 3. The lowest BCUT2D eigenvalue weighted by Gasteiger charge is -2.19. The fourth-order valence-electron chi connectivity index (χ4n) is 3.47. The average molecular weight is 335 g/mol. The fraction of sp³-hybridized carbons (Fsp3) is 0.444. The van der Waals surface area contributed by atoms with Gasteiger partial charge < -0.3 is 11.1 Å². The van der Waals surface area contributed by atoms with Crippen LogP contribution in [0.25, 0.3) is 0 Å². The molecule has 3 N–H and O–H groups in total. The van der Waals surface area contributed by atoms with Crippen LogP contribution in [-0.2, 0) is 10.2 Å². The van der Waals surface area contributed by atoms with E-state index in [4.69, 9.17) is 5.73 Å². The normalized spacial score (nSPS) is 20.2. The zero-order valence-corrected chi connectivity index (χ0v) is 14.4. The molecule has 0 saturated carbocycles. The topological polar surface area (TPSA) is 67.5 Å². The van der Waals surface area contributed by atoms with Gasteiger partial charge in [-0.2, -0.15) is 0 Å². The lowest BCUT2D eigenvalue weighted by atomic mass is 9.86. The van der Waals surface area contributed by atoms with Crippen LogP contribution in [0.4, 0.5) is 14.5 Å². The molecule has 4 nitrogen and oxygen atoms in total. The van der Waals surface area contributed by atoms with Crippen molar-refractivity contribution in [3.8, 4) is 0 Å². The number of rotatable bonds is 4. The monoisotopic (exact) mass is 335 g/mol. The van der Waals surface area contributed by atoms with Crippen LogP contribution in [0, 0.1) is 0 Å². The van der Waals surface area contributed by atoms with Crippen LogP contribution in [0.1, 0.15) is 44.2 Å². The van der Waals surface area contributed by atoms with Crippen molar-refractivity contribution in [2.45, 2.75) is 45.0 Å². The van der Waals surface area contributed by atoms with Gasteiger partial charge in [0, 0.05) is 18.9 Å². The molecule has 6 heteroatoms. The second-order valence-electron chi connectivity index (χ2n) is 6.77. The summed E-state index contributed by atoms with van der Waals surface area (Å²) in [7, 11) is 1.40. The number of nitrogens with two attached hydrogens (primary N) is 1. The first-order valence-electron chi connectivity index (χ1n) is 7.83. The molecule has 0 fully saturated rings. The minimum absolute atomic E-state index is 0.0149. The summed E-state index contributed by atoms with van der Waals surface area (Å²) in [4.78, 5) is 16.1. The van der Waals surface area contributed by atoms with Crippen LogP contribution in [0.2, 0.25) is 0 Å². The molecule has 24 heavy (non-hydrogen) atoms. The standard InChI is InChI=1S/C18H23F2N3O/c1-10-8-18(2,3)12-6-5-7-13(14(10)12)23-17(24)11(9-22-4)15(21)16(19)20/h5-7,9-10,16H,8,21H2,1-4H3,(H,23,24)/t10-/m1/s1. The van der Waals surface area contributed by atoms with Crippen molar-refractivity contribution in [3.63, 3.8) is 0 Å². The Kier molecular flexibility index (Phi) is 5.06. The lowest BCUT2D eigenvalue weighted by molar-refractivity contribution is -0.112. The number of amides is 1. The van der Waals surface area contributed by atoms with Crippen molar-refractivity contribution >= 4 is 17.8 Å². The van der Waals surface area contributed by atoms with E-state index in [0.717, 1.165) is 18.2 Å². The fourth-order valence-corrected chi connectivity index (χ4v) is 3.47. The third-order valence-corrected chi connectivity index (χ3v) is 4.44. The first-order chi connectivity index (χ1) is 11.2. The summed E-state index contributed by atoms with van der Waals surface area (Å²) in [6, 6.07) is 5.70. The molecule has 0 bridgehead atoms. The minimum Gasteiger partial charge on any atom is -0.397 e. The van der Waals surface area contributed by atoms with Crippen molar-refractivity contribution < 1.29 is 13.6 Å². The van der Waals surface area contributed by atoms with Gasteiger partial charge >= 0.3 is 0 Å². The number of hydrogen-bond donors (Lipinski definition) is 2. The van der Waals surface area contributed by atoms with Crippen LogP contribution < -0.4 is 11.1 Å². The molecule has 0 unspecified atom stereocenters. The number of carbonyl (C=O) groups is 1. The molecular formula is C18H23F2N3O. The number of carbonyl (C=O) groups excluding carboxylic acids is 1. The minimum atomic E-state index is -2.91. The molecule has 0 radical (unpaired) electrons. The number of anilines is 1. The van der Waals surface area contributed by atoms with Gasteiger partial charge in [-0.3, -0.25) is 9.79 Å². The molecule has 0 aromatic heterocycles. The van der Waals surface area contributed by atoms with E-state index < -0.39 is 18.0 Å². The van der Waals surface area contributed by atoms with Crippen molar-refractivity contribution in [2.24, 2.45) is 10.7 Å². The van der Waals surface area contributed by atoms with E-state index in [-0.39, 0.29) is 16.9 Å². The predicted molar refractivity (Wildman–Crippen MR) is 92.8 cm³/mol. The molecule has 1 atom stereocenters. The van der Waals surface area contributed by atoms with E-state index in [1.54, 1.807) is 6.07 Å². The summed E-state index contributed by atoms with van der Waals surface area (Å²) in [5.41, 5.74) is 7.15. The molecule has 0 saturated heterocycles. The Balaban J connectivity index is 2.41. The first-order valence-corrected chi connectivity index (χ1v) is 7.83. The lowest BCUT2D eigenvalue weighted by Crippen LogP contribution is -2.23. The Bertz CT molecular complexity index is 708. The number of halogens is 2. The Labute approximate surface area is 140 Å². The van der Waals surface area contributed by atoms with Crippen LogP contribution in [0.5, 0.6) is 0 Å². The van der Waals surface area contributed by atoms with E-state index in [1.165, 1.54) is 12.6 Å². The molecular weight excluding hydrogens is 312 g/mol. The molecule has 130 valence electrons. The summed E-state index contributed by atoms with van der Waals surface area (Å²) in [5.74, 6) is -0.407. The maximum Gasteiger partial charge on any atom is 0.278 e. The number of aliphatic imine (C=N–C) groups is 1. The van der Waals surface area contributed by atoms with E-state index >= 15 is 0 Å². The maximum atomic E-state index is 12.9. The highest BCUT2D eigenvalue weighted by atomic mass is 19.3. The molecule has 1 aliphatic rings. The van der Waals surface area contributed by atoms with Gasteiger partial charge in [0.15, 0.2) is 0 Å². The maximum absolute atomic E-state index is 12.9. The molecule has 0 aliphatic heterocycles. The first kappa shape index (κ1) is 18.1. The summed E-state index contributed by atoms with van der Waals surface area (Å²) in [6.45, 7) is 6.41. The van der Waals surface area contributed by atoms with Crippen LogP contribution >= 0.6 is 0 Å². The largest absolute Gasteiger partial charge is 0.397 e. The molecule has 2 rings (SSSR count). The molecule has 1 aromatic rings. The molecule has 0 spiro atoms. The van der Waals surface area contributed by atoms with Crippen LogP contribution in [-0.4, -0.2) is 25.6 Å². The molecule has 0 heterocycles. The highest BCUT2D eigenvalue weighted by Gasteiger charge is 2.36. The second-order valence-corrected chi connectivity index (χ2v) is 6.77. The smallest absolute Gasteiger partial charge is 0.278 e. The van der Waals surface area contributed by atoms with E-state index in [2.05, 4.69) is 31.1 Å². The highest BCUT2D eigenvalue weighted by molar-refractivity contribution is 6.18. The summed E-state index contributed by atoms with van der Waals surface area (Å²) >= 11 is 0. The van der Waals surface area contributed by atoms with Crippen LogP contribution in [0.3, 0.4) is 0 Å². The van der Waals surface area contributed by atoms with Crippen molar-refractivity contribution in [1.29, 1.82) is 0 Å².